The molecule has 0 heterocycles. The van der Waals surface area contributed by atoms with Gasteiger partial charge in [0.2, 0.25) is 0 Å². The van der Waals surface area contributed by atoms with E-state index in [1.165, 1.54) is 26.2 Å². The number of Topliss-reactive ketones (excluding diaryl/α,β-unsaturated/α-hetero) is 1. The zero-order valence-corrected chi connectivity index (χ0v) is 10.8. The Morgan fingerprint density at radius 1 is 1.44 bits per heavy atom. The van der Waals surface area contributed by atoms with Gasteiger partial charge < -0.3 is 11.1 Å². The monoisotopic (exact) mass is 244 g/mol. The van der Waals surface area contributed by atoms with E-state index in [0.29, 0.717) is 11.3 Å². The molecule has 0 saturated heterocycles. The SMILES string of the molecule is CC(=O)c1ccc(NCCC2=CCCC2)cc1N. The largest absolute Gasteiger partial charge is 0.398 e. The molecule has 0 aliphatic heterocycles. The Bertz CT molecular complexity index is 477. The normalized spacial score (nSPS) is 14.4. The van der Waals surface area contributed by atoms with E-state index in [2.05, 4.69) is 11.4 Å². The standard InChI is InChI=1S/C15H20N2O/c1-11(18)14-7-6-13(10-15(14)16)17-9-8-12-4-2-3-5-12/h4,6-7,10,17H,2-3,5,8-9,16H2,1H3. The molecule has 1 aromatic carbocycles. The maximum atomic E-state index is 11.3. The second kappa shape index (κ2) is 5.71. The first-order valence-electron chi connectivity index (χ1n) is 6.49. The minimum Gasteiger partial charge on any atom is -0.398 e. The Kier molecular flexibility index (Phi) is 4.03. The van der Waals surface area contributed by atoms with E-state index in [1.54, 1.807) is 11.6 Å². The van der Waals surface area contributed by atoms with Gasteiger partial charge in [-0.15, -0.1) is 0 Å². The molecule has 0 unspecified atom stereocenters. The van der Waals surface area contributed by atoms with Crippen LogP contribution in [0.3, 0.4) is 0 Å². The number of nitrogens with one attached hydrogen (secondary N) is 1. The van der Waals surface area contributed by atoms with Crippen LogP contribution in [0.15, 0.2) is 29.8 Å². The number of ketones is 1. The number of anilines is 2. The van der Waals surface area contributed by atoms with Gasteiger partial charge in [0.1, 0.15) is 0 Å². The van der Waals surface area contributed by atoms with Crippen molar-refractivity contribution in [3.05, 3.63) is 35.4 Å². The number of nitrogens with two attached hydrogens (primary N) is 1. The first-order chi connectivity index (χ1) is 8.66. The van der Waals surface area contributed by atoms with Gasteiger partial charge in [-0.2, -0.15) is 0 Å². The lowest BCUT2D eigenvalue weighted by Gasteiger charge is -2.09. The summed E-state index contributed by atoms with van der Waals surface area (Å²) in [5.41, 5.74) is 9.52. The van der Waals surface area contributed by atoms with E-state index in [0.717, 1.165) is 18.7 Å². The molecule has 0 radical (unpaired) electrons. The predicted molar refractivity (Wildman–Crippen MR) is 75.9 cm³/mol. The maximum Gasteiger partial charge on any atom is 0.161 e. The molecule has 0 amide bonds. The number of carbonyl (C=O) groups is 1. The first-order valence-corrected chi connectivity index (χ1v) is 6.49. The summed E-state index contributed by atoms with van der Waals surface area (Å²) in [5, 5.41) is 3.35. The molecule has 3 nitrogen and oxygen atoms in total. The Morgan fingerprint density at radius 3 is 2.89 bits per heavy atom. The highest BCUT2D eigenvalue weighted by atomic mass is 16.1. The molecular formula is C15H20N2O. The minimum absolute atomic E-state index is 0.00941. The number of hydrogen-bond acceptors (Lipinski definition) is 3. The van der Waals surface area contributed by atoms with Crippen LogP contribution in [0.1, 0.15) is 43.0 Å². The third-order valence-electron chi connectivity index (χ3n) is 3.34. The second-order valence-corrected chi connectivity index (χ2v) is 4.79. The molecule has 0 atom stereocenters. The molecule has 96 valence electrons. The third-order valence-corrected chi connectivity index (χ3v) is 3.34. The molecule has 1 aliphatic rings. The second-order valence-electron chi connectivity index (χ2n) is 4.79. The van der Waals surface area contributed by atoms with Crippen LogP contribution in [0.2, 0.25) is 0 Å². The number of benzene rings is 1. The number of nitrogen functional groups attached to an aromatic ring is 1. The van der Waals surface area contributed by atoms with Crippen molar-refractivity contribution in [1.29, 1.82) is 0 Å². The van der Waals surface area contributed by atoms with Crippen LogP contribution >= 0.6 is 0 Å². The molecular weight excluding hydrogens is 224 g/mol. The fourth-order valence-electron chi connectivity index (χ4n) is 2.33. The highest BCUT2D eigenvalue weighted by Gasteiger charge is 2.06. The molecule has 2 rings (SSSR count). The zero-order valence-electron chi connectivity index (χ0n) is 10.8. The minimum atomic E-state index is 0.00941. The summed E-state index contributed by atoms with van der Waals surface area (Å²) in [6.45, 7) is 2.45. The summed E-state index contributed by atoms with van der Waals surface area (Å²) in [7, 11) is 0. The van der Waals surface area contributed by atoms with E-state index < -0.39 is 0 Å². The highest BCUT2D eigenvalue weighted by molar-refractivity contribution is 5.99. The van der Waals surface area contributed by atoms with E-state index in [1.807, 2.05) is 12.1 Å². The van der Waals surface area contributed by atoms with E-state index in [4.69, 9.17) is 5.73 Å². The van der Waals surface area contributed by atoms with Crippen LogP contribution < -0.4 is 11.1 Å². The van der Waals surface area contributed by atoms with Crippen LogP contribution in [0.5, 0.6) is 0 Å². The fourth-order valence-corrected chi connectivity index (χ4v) is 2.33. The van der Waals surface area contributed by atoms with Crippen molar-refractivity contribution >= 4 is 17.2 Å². The molecule has 0 saturated carbocycles. The van der Waals surface area contributed by atoms with Crippen LogP contribution in [0.25, 0.3) is 0 Å². The van der Waals surface area contributed by atoms with Crippen molar-refractivity contribution in [2.45, 2.75) is 32.6 Å². The van der Waals surface area contributed by atoms with Gasteiger partial charge in [-0.25, -0.2) is 0 Å². The summed E-state index contributed by atoms with van der Waals surface area (Å²) in [6, 6.07) is 5.53. The van der Waals surface area contributed by atoms with Crippen molar-refractivity contribution in [3.8, 4) is 0 Å². The van der Waals surface area contributed by atoms with E-state index in [-0.39, 0.29) is 5.78 Å². The summed E-state index contributed by atoms with van der Waals surface area (Å²) in [6.07, 6.45) is 7.21. The number of carbonyl (C=O) groups excluding carboxylic acids is 1. The quantitative estimate of drug-likeness (QED) is 0.474. The number of hydrogen-bond donors (Lipinski definition) is 2. The molecule has 0 fully saturated rings. The average molecular weight is 244 g/mol. The lowest BCUT2D eigenvalue weighted by Crippen LogP contribution is -2.05. The van der Waals surface area contributed by atoms with Crippen LogP contribution in [-0.2, 0) is 0 Å². The fraction of sp³-hybridized carbons (Fsp3) is 0.400. The van der Waals surface area contributed by atoms with Gasteiger partial charge in [-0.1, -0.05) is 11.6 Å². The Balaban J connectivity index is 1.89. The summed E-state index contributed by atoms with van der Waals surface area (Å²) >= 11 is 0. The smallest absolute Gasteiger partial charge is 0.161 e. The predicted octanol–water partition coefficient (Wildman–Crippen LogP) is 3.38. The van der Waals surface area contributed by atoms with Crippen LogP contribution in [-0.4, -0.2) is 12.3 Å². The van der Waals surface area contributed by atoms with Gasteiger partial charge in [0, 0.05) is 23.5 Å². The zero-order chi connectivity index (χ0) is 13.0. The summed E-state index contributed by atoms with van der Waals surface area (Å²) < 4.78 is 0. The molecule has 0 aromatic heterocycles. The van der Waals surface area contributed by atoms with Gasteiger partial charge >= 0.3 is 0 Å². The van der Waals surface area contributed by atoms with Crippen molar-refractivity contribution < 1.29 is 4.79 Å². The molecule has 0 bridgehead atoms. The van der Waals surface area contributed by atoms with Crippen molar-refractivity contribution in [2.75, 3.05) is 17.6 Å². The van der Waals surface area contributed by atoms with Gasteiger partial charge in [-0.05, 0) is 50.8 Å². The highest BCUT2D eigenvalue weighted by Crippen LogP contribution is 2.22. The Labute approximate surface area is 108 Å². The van der Waals surface area contributed by atoms with Crippen molar-refractivity contribution in [3.63, 3.8) is 0 Å². The Hall–Kier alpha value is -1.77. The van der Waals surface area contributed by atoms with Gasteiger partial charge in [0.25, 0.3) is 0 Å². The molecule has 18 heavy (non-hydrogen) atoms. The molecule has 1 aromatic rings. The number of rotatable bonds is 5. The van der Waals surface area contributed by atoms with Crippen LogP contribution in [0, 0.1) is 0 Å². The molecule has 0 spiro atoms. The van der Waals surface area contributed by atoms with E-state index >= 15 is 0 Å². The number of allylic oxidation sites excluding steroid dienone is 1. The molecule has 1 aliphatic carbocycles. The summed E-state index contributed by atoms with van der Waals surface area (Å²) in [4.78, 5) is 11.3. The lowest BCUT2D eigenvalue weighted by atomic mass is 10.1. The van der Waals surface area contributed by atoms with Crippen LogP contribution in [0.4, 0.5) is 11.4 Å². The lowest BCUT2D eigenvalue weighted by molar-refractivity contribution is 0.101. The van der Waals surface area contributed by atoms with Gasteiger partial charge in [0.15, 0.2) is 5.78 Å². The molecule has 3 N–H and O–H groups in total. The molecule has 3 heteroatoms. The summed E-state index contributed by atoms with van der Waals surface area (Å²) in [5.74, 6) is 0.00941. The third kappa shape index (κ3) is 3.13. The van der Waals surface area contributed by atoms with E-state index in [9.17, 15) is 4.79 Å². The average Bonchev–Trinajstić information content (AvgIpc) is 2.81. The van der Waals surface area contributed by atoms with Gasteiger partial charge in [0.05, 0.1) is 0 Å². The maximum absolute atomic E-state index is 11.3. The Morgan fingerprint density at radius 2 is 2.28 bits per heavy atom. The van der Waals surface area contributed by atoms with Crippen molar-refractivity contribution in [1.82, 2.24) is 0 Å². The van der Waals surface area contributed by atoms with Gasteiger partial charge in [-0.3, -0.25) is 4.79 Å². The first kappa shape index (κ1) is 12.7. The van der Waals surface area contributed by atoms with Crippen molar-refractivity contribution in [2.24, 2.45) is 0 Å². The topological polar surface area (TPSA) is 55.1 Å².